The first-order valence-electron chi connectivity index (χ1n) is 6.25. The first-order chi connectivity index (χ1) is 10.0. The van der Waals surface area contributed by atoms with Gasteiger partial charge in [0.05, 0.1) is 9.40 Å². The largest absolute Gasteiger partial charge is 0.430 e. The van der Waals surface area contributed by atoms with Crippen LogP contribution in [0.1, 0.15) is 19.2 Å². The number of nitrogens with two attached hydrogens (primary N) is 1. The molecule has 0 bridgehead atoms. The fourth-order valence-corrected chi connectivity index (χ4v) is 2.16. The highest BCUT2D eigenvalue weighted by Crippen LogP contribution is 2.37. The maximum Gasteiger partial charge on any atom is 0.312 e. The molecule has 21 heavy (non-hydrogen) atoms. The summed E-state index contributed by atoms with van der Waals surface area (Å²) in [5.74, 6) is 1.07. The molecule has 8 heteroatoms. The van der Waals surface area contributed by atoms with Crippen LogP contribution in [0.15, 0.2) is 28.7 Å². The van der Waals surface area contributed by atoms with E-state index in [1.807, 2.05) is 6.92 Å². The first kappa shape index (κ1) is 15.2. The van der Waals surface area contributed by atoms with E-state index in [2.05, 4.69) is 25.9 Å². The number of aromatic nitrogens is 2. The van der Waals surface area contributed by atoms with E-state index in [0.717, 1.165) is 6.42 Å². The Labute approximate surface area is 129 Å². The molecule has 0 fully saturated rings. The van der Waals surface area contributed by atoms with Gasteiger partial charge < -0.3 is 10.5 Å². The van der Waals surface area contributed by atoms with Crippen molar-refractivity contribution in [3.63, 3.8) is 0 Å². The summed E-state index contributed by atoms with van der Waals surface area (Å²) in [5.41, 5.74) is 5.55. The van der Waals surface area contributed by atoms with Crippen LogP contribution in [0.4, 0.5) is 11.5 Å². The van der Waals surface area contributed by atoms with E-state index in [-0.39, 0.29) is 23.1 Å². The van der Waals surface area contributed by atoms with Gasteiger partial charge in [-0.05, 0) is 28.4 Å². The normalized spacial score (nSPS) is 10.4. The number of nitro groups is 1. The molecule has 0 aliphatic carbocycles. The number of halogens is 1. The van der Waals surface area contributed by atoms with E-state index < -0.39 is 4.92 Å². The molecule has 2 aromatic rings. The van der Waals surface area contributed by atoms with Crippen LogP contribution < -0.4 is 10.5 Å². The molecule has 0 unspecified atom stereocenters. The van der Waals surface area contributed by atoms with Crippen LogP contribution in [0.5, 0.6) is 11.6 Å². The summed E-state index contributed by atoms with van der Waals surface area (Å²) in [5, 5.41) is 11.0. The monoisotopic (exact) mass is 352 g/mol. The molecule has 0 saturated heterocycles. The minimum Gasteiger partial charge on any atom is -0.430 e. The molecule has 0 spiro atoms. The Morgan fingerprint density at radius 2 is 2.19 bits per heavy atom. The lowest BCUT2D eigenvalue weighted by Gasteiger charge is -2.09. The SMILES string of the molecule is CCCc1nc(N)cc(Oc2c(Br)cccc2[N+](=O)[O-])n1. The number of nitrogens with zero attached hydrogens (tertiary/aromatic N) is 3. The van der Waals surface area contributed by atoms with Crippen LogP contribution in [0.2, 0.25) is 0 Å². The molecule has 0 aliphatic rings. The van der Waals surface area contributed by atoms with Crippen LogP contribution >= 0.6 is 15.9 Å². The highest BCUT2D eigenvalue weighted by atomic mass is 79.9. The molecule has 2 N–H and O–H groups in total. The lowest BCUT2D eigenvalue weighted by Crippen LogP contribution is -2.02. The maximum absolute atomic E-state index is 11.0. The summed E-state index contributed by atoms with van der Waals surface area (Å²) in [6.07, 6.45) is 1.51. The average molecular weight is 353 g/mol. The van der Waals surface area contributed by atoms with Gasteiger partial charge in [-0.1, -0.05) is 13.0 Å². The standard InChI is InChI=1S/C13H13BrN4O3/c1-2-4-11-16-10(15)7-12(17-11)21-13-8(14)5-3-6-9(13)18(19)20/h3,5-7H,2,4H2,1H3,(H2,15,16,17). The first-order valence-corrected chi connectivity index (χ1v) is 7.04. The number of hydrogen-bond donors (Lipinski definition) is 1. The van der Waals surface area contributed by atoms with Gasteiger partial charge in [-0.3, -0.25) is 10.1 Å². The molecule has 110 valence electrons. The van der Waals surface area contributed by atoms with Gasteiger partial charge in [0.15, 0.2) is 0 Å². The third-order valence-corrected chi connectivity index (χ3v) is 3.22. The zero-order chi connectivity index (χ0) is 15.4. The second-order valence-corrected chi connectivity index (χ2v) is 5.10. The zero-order valence-electron chi connectivity index (χ0n) is 11.2. The second kappa shape index (κ2) is 6.49. The summed E-state index contributed by atoms with van der Waals surface area (Å²) in [4.78, 5) is 18.8. The van der Waals surface area contributed by atoms with Crippen LogP contribution in [0.3, 0.4) is 0 Å². The topological polar surface area (TPSA) is 104 Å². The quantitative estimate of drug-likeness (QED) is 0.652. The van der Waals surface area contributed by atoms with E-state index in [9.17, 15) is 10.1 Å². The van der Waals surface area contributed by atoms with Crippen LogP contribution in [0.25, 0.3) is 0 Å². The maximum atomic E-state index is 11.0. The predicted molar refractivity (Wildman–Crippen MR) is 81.3 cm³/mol. The summed E-state index contributed by atoms with van der Waals surface area (Å²) in [6, 6.07) is 6.01. The van der Waals surface area contributed by atoms with Gasteiger partial charge in [-0.25, -0.2) is 4.98 Å². The molecule has 1 aromatic heterocycles. The van der Waals surface area contributed by atoms with Crippen molar-refractivity contribution < 1.29 is 9.66 Å². The van der Waals surface area contributed by atoms with E-state index >= 15 is 0 Å². The molecule has 0 saturated carbocycles. The molecular weight excluding hydrogens is 340 g/mol. The van der Waals surface area contributed by atoms with Crippen LogP contribution in [-0.4, -0.2) is 14.9 Å². The van der Waals surface area contributed by atoms with Gasteiger partial charge in [0.25, 0.3) is 0 Å². The zero-order valence-corrected chi connectivity index (χ0v) is 12.8. The number of nitrogen functional groups attached to an aromatic ring is 1. The van der Waals surface area contributed by atoms with Crippen molar-refractivity contribution in [2.45, 2.75) is 19.8 Å². The molecule has 0 amide bonds. The summed E-state index contributed by atoms with van der Waals surface area (Å²) in [7, 11) is 0. The number of aryl methyl sites for hydroxylation is 1. The molecule has 0 atom stereocenters. The average Bonchev–Trinajstić information content (AvgIpc) is 2.40. The van der Waals surface area contributed by atoms with E-state index in [0.29, 0.717) is 16.7 Å². The molecule has 1 aromatic carbocycles. The van der Waals surface area contributed by atoms with Crippen molar-refractivity contribution in [2.24, 2.45) is 0 Å². The molecule has 0 radical (unpaired) electrons. The molecule has 7 nitrogen and oxygen atoms in total. The van der Waals surface area contributed by atoms with Gasteiger partial charge >= 0.3 is 5.69 Å². The van der Waals surface area contributed by atoms with Crippen LogP contribution in [0, 0.1) is 10.1 Å². The molecular formula is C13H13BrN4O3. The molecule has 1 heterocycles. The highest BCUT2D eigenvalue weighted by molar-refractivity contribution is 9.10. The Bertz CT molecular complexity index is 678. The molecule has 2 rings (SSSR count). The van der Waals surface area contributed by atoms with Crippen molar-refractivity contribution in [3.8, 4) is 11.6 Å². The lowest BCUT2D eigenvalue weighted by molar-refractivity contribution is -0.385. The van der Waals surface area contributed by atoms with Crippen molar-refractivity contribution in [1.29, 1.82) is 0 Å². The fraction of sp³-hybridized carbons (Fsp3) is 0.231. The Kier molecular flexibility index (Phi) is 4.69. The lowest BCUT2D eigenvalue weighted by atomic mass is 10.3. The molecule has 0 aliphatic heterocycles. The predicted octanol–water partition coefficient (Wildman–Crippen LogP) is 3.47. The van der Waals surface area contributed by atoms with Crippen molar-refractivity contribution >= 4 is 27.4 Å². The van der Waals surface area contributed by atoms with E-state index in [1.54, 1.807) is 12.1 Å². The minimum atomic E-state index is -0.516. The fourth-order valence-electron chi connectivity index (χ4n) is 1.73. The van der Waals surface area contributed by atoms with Gasteiger partial charge in [0.2, 0.25) is 11.6 Å². The number of anilines is 1. The number of benzene rings is 1. The highest BCUT2D eigenvalue weighted by Gasteiger charge is 2.19. The Morgan fingerprint density at radius 3 is 2.86 bits per heavy atom. The summed E-state index contributed by atoms with van der Waals surface area (Å²) < 4.78 is 6.01. The van der Waals surface area contributed by atoms with Crippen LogP contribution in [-0.2, 0) is 6.42 Å². The number of ether oxygens (including phenoxy) is 1. The number of rotatable bonds is 5. The van der Waals surface area contributed by atoms with E-state index in [4.69, 9.17) is 10.5 Å². The van der Waals surface area contributed by atoms with Gasteiger partial charge in [-0.15, -0.1) is 0 Å². The number of para-hydroxylation sites is 1. The smallest absolute Gasteiger partial charge is 0.312 e. The number of nitro benzene ring substituents is 1. The Balaban J connectivity index is 2.40. The Hall–Kier alpha value is -2.22. The van der Waals surface area contributed by atoms with Crippen molar-refractivity contribution in [2.75, 3.05) is 5.73 Å². The Morgan fingerprint density at radius 1 is 1.43 bits per heavy atom. The third kappa shape index (κ3) is 3.66. The number of hydrogen-bond acceptors (Lipinski definition) is 6. The summed E-state index contributed by atoms with van der Waals surface area (Å²) >= 11 is 3.24. The van der Waals surface area contributed by atoms with Gasteiger partial charge in [0, 0.05) is 18.6 Å². The third-order valence-electron chi connectivity index (χ3n) is 2.59. The van der Waals surface area contributed by atoms with Crippen molar-refractivity contribution in [3.05, 3.63) is 44.7 Å². The van der Waals surface area contributed by atoms with Gasteiger partial charge in [0.1, 0.15) is 11.6 Å². The second-order valence-electron chi connectivity index (χ2n) is 4.24. The summed E-state index contributed by atoms with van der Waals surface area (Å²) in [6.45, 7) is 1.99. The van der Waals surface area contributed by atoms with Crippen molar-refractivity contribution in [1.82, 2.24) is 9.97 Å². The van der Waals surface area contributed by atoms with Gasteiger partial charge in [-0.2, -0.15) is 4.98 Å². The minimum absolute atomic E-state index is 0.0862. The van der Waals surface area contributed by atoms with E-state index in [1.165, 1.54) is 12.1 Å².